The first-order chi connectivity index (χ1) is 5.83. The Kier molecular flexibility index (Phi) is 3.37. The van der Waals surface area contributed by atoms with Crippen LogP contribution < -0.4 is 0 Å². The average Bonchev–Trinajstić information content (AvgIpc) is 2.16. The molecule has 1 rings (SSSR count). The van der Waals surface area contributed by atoms with Gasteiger partial charge in [0, 0.05) is 0 Å². The zero-order valence-corrected chi connectivity index (χ0v) is 6.90. The summed E-state index contributed by atoms with van der Waals surface area (Å²) in [6.45, 7) is 0. The Bertz CT molecular complexity index is 258. The van der Waals surface area contributed by atoms with Crippen LogP contribution in [0.15, 0.2) is 30.3 Å². The molecule has 1 N–H and O–H groups in total. The molecule has 0 saturated heterocycles. The minimum Gasteiger partial charge on any atom is -0.380 e. The topological polar surface area (TPSA) is 20.2 Å². The molecule has 0 fully saturated rings. The van der Waals surface area contributed by atoms with Crippen molar-refractivity contribution in [3.63, 3.8) is 0 Å². The van der Waals surface area contributed by atoms with Gasteiger partial charge in [0.15, 0.2) is 0 Å². The molecule has 1 aromatic carbocycles. The number of aliphatic hydroxyl groups excluding tert-OH is 1. The fraction of sp³-hybridized carbons (Fsp3) is 0.273. The van der Waals surface area contributed by atoms with Gasteiger partial charge < -0.3 is 5.11 Å². The van der Waals surface area contributed by atoms with Gasteiger partial charge in [-0.15, -0.1) is 6.42 Å². The standard InChI is InChI=1S/C11H12O/c1-2-11(12)9-8-10-6-4-3-5-7-10/h1,3-7,11-12H,8-9H2. The first kappa shape index (κ1) is 8.83. The van der Waals surface area contributed by atoms with Crippen molar-refractivity contribution in [2.24, 2.45) is 0 Å². The maximum absolute atomic E-state index is 9.08. The summed E-state index contributed by atoms with van der Waals surface area (Å²) in [6.07, 6.45) is 5.91. The minimum atomic E-state index is -0.606. The van der Waals surface area contributed by atoms with Crippen LogP contribution in [0.25, 0.3) is 0 Å². The van der Waals surface area contributed by atoms with Crippen LogP contribution in [-0.2, 0) is 6.42 Å². The largest absolute Gasteiger partial charge is 0.380 e. The van der Waals surface area contributed by atoms with Crippen LogP contribution in [0.5, 0.6) is 0 Å². The second-order valence-corrected chi connectivity index (χ2v) is 2.71. The Hall–Kier alpha value is -1.26. The molecule has 12 heavy (non-hydrogen) atoms. The molecule has 1 heteroatoms. The van der Waals surface area contributed by atoms with Gasteiger partial charge in [0.2, 0.25) is 0 Å². The van der Waals surface area contributed by atoms with Gasteiger partial charge in [-0.25, -0.2) is 0 Å². The molecule has 1 nitrogen and oxygen atoms in total. The van der Waals surface area contributed by atoms with Crippen LogP contribution in [0.1, 0.15) is 12.0 Å². The van der Waals surface area contributed by atoms with Gasteiger partial charge in [0.25, 0.3) is 0 Å². The molecule has 0 spiro atoms. The molecule has 1 atom stereocenters. The van der Waals surface area contributed by atoms with Gasteiger partial charge in [-0.3, -0.25) is 0 Å². The lowest BCUT2D eigenvalue weighted by Gasteiger charge is -2.02. The van der Waals surface area contributed by atoms with E-state index in [2.05, 4.69) is 5.92 Å². The molecule has 0 radical (unpaired) electrons. The van der Waals surface area contributed by atoms with E-state index in [9.17, 15) is 0 Å². The number of benzene rings is 1. The molecule has 0 aliphatic heterocycles. The highest BCUT2D eigenvalue weighted by atomic mass is 16.3. The lowest BCUT2D eigenvalue weighted by atomic mass is 10.1. The Labute approximate surface area is 73.0 Å². The lowest BCUT2D eigenvalue weighted by molar-refractivity contribution is 0.222. The van der Waals surface area contributed by atoms with E-state index in [1.54, 1.807) is 0 Å². The summed E-state index contributed by atoms with van der Waals surface area (Å²) in [5.74, 6) is 2.29. The van der Waals surface area contributed by atoms with Crippen LogP contribution in [0, 0.1) is 12.3 Å². The third-order valence-electron chi connectivity index (χ3n) is 1.74. The maximum Gasteiger partial charge on any atom is 0.114 e. The third kappa shape index (κ3) is 2.77. The Balaban J connectivity index is 2.40. The fourth-order valence-electron chi connectivity index (χ4n) is 1.03. The van der Waals surface area contributed by atoms with Crippen molar-refractivity contribution < 1.29 is 5.11 Å². The Morgan fingerprint density at radius 2 is 2.00 bits per heavy atom. The molecule has 1 aromatic rings. The summed E-state index contributed by atoms with van der Waals surface area (Å²) in [6, 6.07) is 10.0. The van der Waals surface area contributed by atoms with E-state index in [1.165, 1.54) is 5.56 Å². The molecule has 0 aromatic heterocycles. The quantitative estimate of drug-likeness (QED) is 0.666. The molecule has 1 unspecified atom stereocenters. The smallest absolute Gasteiger partial charge is 0.114 e. The van der Waals surface area contributed by atoms with Gasteiger partial charge in [-0.2, -0.15) is 0 Å². The van der Waals surface area contributed by atoms with Crippen molar-refractivity contribution in [2.75, 3.05) is 0 Å². The van der Waals surface area contributed by atoms with Crippen molar-refractivity contribution in [2.45, 2.75) is 18.9 Å². The molecule has 62 valence electrons. The number of hydrogen-bond acceptors (Lipinski definition) is 1. The van der Waals surface area contributed by atoms with E-state index >= 15 is 0 Å². The number of aliphatic hydroxyl groups is 1. The highest BCUT2D eigenvalue weighted by molar-refractivity contribution is 5.15. The summed E-state index contributed by atoms with van der Waals surface area (Å²) in [5.41, 5.74) is 1.21. The van der Waals surface area contributed by atoms with E-state index in [1.807, 2.05) is 30.3 Å². The fourth-order valence-corrected chi connectivity index (χ4v) is 1.03. The summed E-state index contributed by atoms with van der Waals surface area (Å²) in [4.78, 5) is 0. The van der Waals surface area contributed by atoms with Crippen molar-refractivity contribution in [3.05, 3.63) is 35.9 Å². The minimum absolute atomic E-state index is 0.606. The van der Waals surface area contributed by atoms with Crippen molar-refractivity contribution in [1.29, 1.82) is 0 Å². The molecular formula is C11H12O. The van der Waals surface area contributed by atoms with Gasteiger partial charge in [-0.05, 0) is 18.4 Å². The highest BCUT2D eigenvalue weighted by Crippen LogP contribution is 2.03. The van der Waals surface area contributed by atoms with E-state index in [0.717, 1.165) is 6.42 Å². The third-order valence-corrected chi connectivity index (χ3v) is 1.74. The second kappa shape index (κ2) is 4.58. The first-order valence-electron chi connectivity index (χ1n) is 4.01. The average molecular weight is 160 g/mol. The van der Waals surface area contributed by atoms with Crippen LogP contribution in [0.3, 0.4) is 0 Å². The molecule has 0 amide bonds. The molecule has 0 aliphatic carbocycles. The summed E-state index contributed by atoms with van der Waals surface area (Å²) in [5, 5.41) is 9.08. The maximum atomic E-state index is 9.08. The van der Waals surface area contributed by atoms with E-state index in [0.29, 0.717) is 6.42 Å². The molecule has 0 heterocycles. The van der Waals surface area contributed by atoms with E-state index in [-0.39, 0.29) is 0 Å². The number of hydrogen-bond donors (Lipinski definition) is 1. The lowest BCUT2D eigenvalue weighted by Crippen LogP contribution is -2.03. The summed E-state index contributed by atoms with van der Waals surface area (Å²) < 4.78 is 0. The Morgan fingerprint density at radius 3 is 2.58 bits per heavy atom. The zero-order valence-electron chi connectivity index (χ0n) is 6.90. The van der Waals surface area contributed by atoms with Crippen LogP contribution in [-0.4, -0.2) is 11.2 Å². The van der Waals surface area contributed by atoms with Crippen LogP contribution in [0.4, 0.5) is 0 Å². The van der Waals surface area contributed by atoms with Crippen molar-refractivity contribution in [3.8, 4) is 12.3 Å². The van der Waals surface area contributed by atoms with Gasteiger partial charge in [0.05, 0.1) is 0 Å². The number of rotatable bonds is 3. The number of terminal acetylenes is 1. The van der Waals surface area contributed by atoms with Gasteiger partial charge >= 0.3 is 0 Å². The van der Waals surface area contributed by atoms with Gasteiger partial charge in [-0.1, -0.05) is 36.3 Å². The molecule has 0 bridgehead atoms. The summed E-state index contributed by atoms with van der Waals surface area (Å²) >= 11 is 0. The first-order valence-corrected chi connectivity index (χ1v) is 4.01. The second-order valence-electron chi connectivity index (χ2n) is 2.71. The summed E-state index contributed by atoms with van der Waals surface area (Å²) in [7, 11) is 0. The molecule has 0 saturated carbocycles. The highest BCUT2D eigenvalue weighted by Gasteiger charge is 1.98. The van der Waals surface area contributed by atoms with Crippen molar-refractivity contribution >= 4 is 0 Å². The zero-order chi connectivity index (χ0) is 8.81. The van der Waals surface area contributed by atoms with Crippen molar-refractivity contribution in [1.82, 2.24) is 0 Å². The number of aryl methyl sites for hydroxylation is 1. The van der Waals surface area contributed by atoms with Crippen LogP contribution >= 0.6 is 0 Å². The predicted octanol–water partition coefficient (Wildman–Crippen LogP) is 1.61. The monoisotopic (exact) mass is 160 g/mol. The van der Waals surface area contributed by atoms with E-state index < -0.39 is 6.10 Å². The van der Waals surface area contributed by atoms with Gasteiger partial charge in [0.1, 0.15) is 6.10 Å². The van der Waals surface area contributed by atoms with E-state index in [4.69, 9.17) is 11.5 Å². The normalized spacial score (nSPS) is 12.0. The predicted molar refractivity (Wildman–Crippen MR) is 49.6 cm³/mol. The Morgan fingerprint density at radius 1 is 1.33 bits per heavy atom. The molecule has 0 aliphatic rings. The molecular weight excluding hydrogens is 148 g/mol. The van der Waals surface area contributed by atoms with Crippen LogP contribution in [0.2, 0.25) is 0 Å². The SMILES string of the molecule is C#CC(O)CCc1ccccc1.